The van der Waals surface area contributed by atoms with Gasteiger partial charge in [0.2, 0.25) is 10.0 Å². The van der Waals surface area contributed by atoms with E-state index < -0.39 is 10.0 Å². The van der Waals surface area contributed by atoms with Gasteiger partial charge in [-0.25, -0.2) is 18.1 Å². The largest absolute Gasteiger partial charge is 0.378 e. The molecule has 0 unspecified atom stereocenters. The van der Waals surface area contributed by atoms with Gasteiger partial charge in [-0.15, -0.1) is 0 Å². The Morgan fingerprint density at radius 1 is 1.29 bits per heavy atom. The van der Waals surface area contributed by atoms with Crippen LogP contribution in [0.25, 0.3) is 11.4 Å². The molecule has 1 fully saturated rings. The summed E-state index contributed by atoms with van der Waals surface area (Å²) in [5.41, 5.74) is 0.928. The average molecular weight is 350 g/mol. The number of rotatable bonds is 8. The van der Waals surface area contributed by atoms with Gasteiger partial charge < -0.3 is 4.74 Å². The van der Waals surface area contributed by atoms with Crippen LogP contribution in [0, 0.1) is 0 Å². The van der Waals surface area contributed by atoms with Crippen LogP contribution >= 0.6 is 0 Å². The fraction of sp³-hybridized carbons (Fsp3) is 0.500. The maximum Gasteiger partial charge on any atom is 0.211 e. The van der Waals surface area contributed by atoms with Crippen molar-refractivity contribution in [3.05, 3.63) is 36.2 Å². The Hall–Kier alpha value is -1.77. The van der Waals surface area contributed by atoms with Crippen LogP contribution < -0.4 is 4.72 Å². The third kappa shape index (κ3) is 4.86. The molecule has 130 valence electrons. The smallest absolute Gasteiger partial charge is 0.211 e. The first-order valence-corrected chi connectivity index (χ1v) is 9.83. The number of ether oxygens (including phenoxy) is 1. The van der Waals surface area contributed by atoms with Gasteiger partial charge in [0.25, 0.3) is 0 Å². The second-order valence-electron chi connectivity index (χ2n) is 5.86. The lowest BCUT2D eigenvalue weighted by atomic mass is 10.2. The van der Waals surface area contributed by atoms with Crippen molar-refractivity contribution in [3.8, 4) is 11.4 Å². The van der Waals surface area contributed by atoms with Crippen LogP contribution in [0.4, 0.5) is 0 Å². The van der Waals surface area contributed by atoms with E-state index in [0.717, 1.165) is 25.0 Å². The summed E-state index contributed by atoms with van der Waals surface area (Å²) in [6, 6.07) is 9.64. The average Bonchev–Trinajstić information content (AvgIpc) is 3.26. The van der Waals surface area contributed by atoms with Gasteiger partial charge in [-0.05, 0) is 19.3 Å². The lowest BCUT2D eigenvalue weighted by Gasteiger charge is -2.10. The molecule has 0 aliphatic carbocycles. The molecule has 2 heterocycles. The van der Waals surface area contributed by atoms with E-state index in [0.29, 0.717) is 31.0 Å². The molecule has 3 rings (SSSR count). The van der Waals surface area contributed by atoms with Crippen molar-refractivity contribution < 1.29 is 13.2 Å². The SMILES string of the molecule is O=S(=O)(CC[C@H]1CCCO1)NCCc1nc(-c2ccccc2)n[nH]1. The maximum atomic E-state index is 12.0. The van der Waals surface area contributed by atoms with Crippen LogP contribution in [0.3, 0.4) is 0 Å². The number of aromatic amines is 1. The number of nitrogens with one attached hydrogen (secondary N) is 2. The zero-order chi connectivity index (χ0) is 16.8. The second kappa shape index (κ2) is 7.87. The molecule has 0 amide bonds. The van der Waals surface area contributed by atoms with Crippen LogP contribution in [0.2, 0.25) is 0 Å². The number of H-pyrrole nitrogens is 1. The van der Waals surface area contributed by atoms with Crippen LogP contribution in [-0.2, 0) is 21.2 Å². The van der Waals surface area contributed by atoms with E-state index >= 15 is 0 Å². The summed E-state index contributed by atoms with van der Waals surface area (Å²) in [5, 5.41) is 7.01. The molecule has 1 aromatic heterocycles. The van der Waals surface area contributed by atoms with E-state index in [4.69, 9.17) is 4.74 Å². The van der Waals surface area contributed by atoms with Gasteiger partial charge in [0.05, 0.1) is 11.9 Å². The monoisotopic (exact) mass is 350 g/mol. The lowest BCUT2D eigenvalue weighted by molar-refractivity contribution is 0.109. The number of benzene rings is 1. The first-order valence-electron chi connectivity index (χ1n) is 8.18. The molecule has 8 heteroatoms. The highest BCUT2D eigenvalue weighted by molar-refractivity contribution is 7.89. The highest BCUT2D eigenvalue weighted by Crippen LogP contribution is 2.16. The number of hydrogen-bond donors (Lipinski definition) is 2. The standard InChI is InChI=1S/C16H22N4O3S/c21-24(22,12-9-14-7-4-11-23-14)17-10-8-15-18-16(20-19-15)13-5-2-1-3-6-13/h1-3,5-6,14,17H,4,7-12H2,(H,18,19,20)/t14-/m1/s1. The minimum absolute atomic E-state index is 0.0873. The van der Waals surface area contributed by atoms with Crippen LogP contribution in [0.1, 0.15) is 25.1 Å². The van der Waals surface area contributed by atoms with Crippen molar-refractivity contribution in [1.82, 2.24) is 19.9 Å². The van der Waals surface area contributed by atoms with Crippen molar-refractivity contribution in [2.45, 2.75) is 31.8 Å². The van der Waals surface area contributed by atoms with Gasteiger partial charge >= 0.3 is 0 Å². The topological polar surface area (TPSA) is 97.0 Å². The molecule has 1 aromatic carbocycles. The third-order valence-corrected chi connectivity index (χ3v) is 5.40. The lowest BCUT2D eigenvalue weighted by Crippen LogP contribution is -2.30. The predicted molar refractivity (Wildman–Crippen MR) is 90.9 cm³/mol. The summed E-state index contributed by atoms with van der Waals surface area (Å²) in [4.78, 5) is 4.39. The Bertz CT molecular complexity index is 740. The molecule has 1 saturated heterocycles. The molecule has 1 atom stereocenters. The summed E-state index contributed by atoms with van der Waals surface area (Å²) >= 11 is 0. The van der Waals surface area contributed by atoms with E-state index in [9.17, 15) is 8.42 Å². The molecular weight excluding hydrogens is 328 g/mol. The Balaban J connectivity index is 1.45. The van der Waals surface area contributed by atoms with Crippen LogP contribution in [0.5, 0.6) is 0 Å². The minimum Gasteiger partial charge on any atom is -0.378 e. The van der Waals surface area contributed by atoms with Crippen molar-refractivity contribution in [2.75, 3.05) is 18.9 Å². The summed E-state index contributed by atoms with van der Waals surface area (Å²) in [7, 11) is -3.28. The summed E-state index contributed by atoms with van der Waals surface area (Å²) in [6.07, 6.45) is 3.09. The van der Waals surface area contributed by atoms with E-state index in [2.05, 4.69) is 19.9 Å². The molecule has 1 aliphatic rings. The molecule has 2 aromatic rings. The Morgan fingerprint density at radius 3 is 2.88 bits per heavy atom. The molecule has 2 N–H and O–H groups in total. The van der Waals surface area contributed by atoms with Gasteiger partial charge in [-0.3, -0.25) is 5.10 Å². The van der Waals surface area contributed by atoms with Crippen LogP contribution in [-0.4, -0.2) is 48.6 Å². The number of sulfonamides is 1. The number of nitrogens with zero attached hydrogens (tertiary/aromatic N) is 2. The molecule has 0 saturated carbocycles. The summed E-state index contributed by atoms with van der Waals surface area (Å²) in [5.74, 6) is 1.38. The van der Waals surface area contributed by atoms with Crippen molar-refractivity contribution in [1.29, 1.82) is 0 Å². The third-order valence-electron chi connectivity index (χ3n) is 3.98. The summed E-state index contributed by atoms with van der Waals surface area (Å²) < 4.78 is 32.0. The van der Waals surface area contributed by atoms with Gasteiger partial charge in [0, 0.05) is 25.1 Å². The zero-order valence-corrected chi connectivity index (χ0v) is 14.3. The van der Waals surface area contributed by atoms with Crippen molar-refractivity contribution in [3.63, 3.8) is 0 Å². The molecule has 0 radical (unpaired) electrons. The number of aromatic nitrogens is 3. The molecule has 1 aliphatic heterocycles. The second-order valence-corrected chi connectivity index (χ2v) is 7.79. The van der Waals surface area contributed by atoms with E-state index in [1.807, 2.05) is 30.3 Å². The van der Waals surface area contributed by atoms with E-state index in [1.54, 1.807) is 0 Å². The van der Waals surface area contributed by atoms with Gasteiger partial charge in [-0.2, -0.15) is 5.10 Å². The Kier molecular flexibility index (Phi) is 5.60. The van der Waals surface area contributed by atoms with E-state index in [-0.39, 0.29) is 11.9 Å². The number of hydrogen-bond acceptors (Lipinski definition) is 5. The van der Waals surface area contributed by atoms with Gasteiger partial charge in [-0.1, -0.05) is 30.3 Å². The molecule has 0 spiro atoms. The quantitative estimate of drug-likeness (QED) is 0.752. The summed E-state index contributed by atoms with van der Waals surface area (Å²) in [6.45, 7) is 1.05. The maximum absolute atomic E-state index is 12.0. The Labute approximate surface area is 141 Å². The zero-order valence-electron chi connectivity index (χ0n) is 13.4. The Morgan fingerprint density at radius 2 is 2.12 bits per heavy atom. The van der Waals surface area contributed by atoms with E-state index in [1.165, 1.54) is 0 Å². The fourth-order valence-electron chi connectivity index (χ4n) is 2.68. The predicted octanol–water partition coefficient (Wildman–Crippen LogP) is 1.50. The molecular formula is C16H22N4O3S. The van der Waals surface area contributed by atoms with Crippen molar-refractivity contribution >= 4 is 10.0 Å². The molecule has 24 heavy (non-hydrogen) atoms. The highest BCUT2D eigenvalue weighted by Gasteiger charge is 2.19. The molecule has 0 bridgehead atoms. The molecule has 7 nitrogen and oxygen atoms in total. The fourth-order valence-corrected chi connectivity index (χ4v) is 3.81. The van der Waals surface area contributed by atoms with Gasteiger partial charge in [0.15, 0.2) is 5.82 Å². The van der Waals surface area contributed by atoms with Crippen molar-refractivity contribution in [2.24, 2.45) is 0 Å². The van der Waals surface area contributed by atoms with Crippen LogP contribution in [0.15, 0.2) is 30.3 Å². The first-order chi connectivity index (χ1) is 11.6. The minimum atomic E-state index is -3.28. The van der Waals surface area contributed by atoms with Gasteiger partial charge in [0.1, 0.15) is 5.82 Å². The normalized spacial score (nSPS) is 18.1. The highest BCUT2D eigenvalue weighted by atomic mass is 32.2. The first kappa shape index (κ1) is 17.1.